The molecule has 0 saturated heterocycles. The summed E-state index contributed by atoms with van der Waals surface area (Å²) >= 11 is 12.9. The van der Waals surface area contributed by atoms with E-state index >= 15 is 0 Å². The van der Waals surface area contributed by atoms with Crippen LogP contribution in [-0.2, 0) is 0 Å². The molecule has 2 aromatic rings. The molecule has 1 aromatic carbocycles. The Balaban J connectivity index is 2.37. The molecule has 21 heavy (non-hydrogen) atoms. The van der Waals surface area contributed by atoms with Gasteiger partial charge in [0.25, 0.3) is 0 Å². The molecule has 1 aliphatic rings. The fraction of sp³-hybridized carbons (Fsp3) is 0.143. The van der Waals surface area contributed by atoms with Gasteiger partial charge in [0.05, 0.1) is 0 Å². The molecular weight excluding hydrogens is 309 g/mol. The maximum absolute atomic E-state index is 6.50. The first-order valence-corrected chi connectivity index (χ1v) is 7.04. The van der Waals surface area contributed by atoms with Crippen LogP contribution in [0.1, 0.15) is 12.5 Å². The number of aryl methyl sites for hydroxylation is 1. The minimum atomic E-state index is -0.139. The van der Waals surface area contributed by atoms with Gasteiger partial charge >= 0.3 is 5.95 Å². The van der Waals surface area contributed by atoms with E-state index in [0.29, 0.717) is 27.5 Å². The lowest BCUT2D eigenvalue weighted by Gasteiger charge is -2.26. The molecule has 3 rings (SSSR count). The second-order valence-electron chi connectivity index (χ2n) is 4.62. The number of nitrogens with zero attached hydrogens (tertiary/aromatic N) is 5. The van der Waals surface area contributed by atoms with Crippen molar-refractivity contribution in [2.24, 2.45) is 10.1 Å². The molecule has 2 heterocycles. The van der Waals surface area contributed by atoms with Gasteiger partial charge in [-0.1, -0.05) is 33.9 Å². The number of aromatic nitrogens is 2. The summed E-state index contributed by atoms with van der Waals surface area (Å²) in [5.41, 5.74) is 1.51. The molecule has 0 radical (unpaired) electrons. The number of benzene rings is 1. The van der Waals surface area contributed by atoms with Crippen LogP contribution in [-0.4, -0.2) is 22.1 Å². The van der Waals surface area contributed by atoms with Crippen LogP contribution in [0, 0.1) is 6.92 Å². The van der Waals surface area contributed by atoms with Crippen molar-refractivity contribution in [3.05, 3.63) is 46.2 Å². The highest BCUT2D eigenvalue weighted by molar-refractivity contribution is 6.40. The largest absolute Gasteiger partial charge is 0.367 e. The van der Waals surface area contributed by atoms with Crippen LogP contribution in [0.3, 0.4) is 0 Å². The Morgan fingerprint density at radius 3 is 2.38 bits per heavy atom. The smallest absolute Gasteiger partial charge is 0.183 e. The lowest BCUT2D eigenvalue weighted by atomic mass is 10.2. The number of amidine groups is 1. The molecule has 0 aliphatic carbocycles. The highest BCUT2D eigenvalue weighted by Gasteiger charge is 2.47. The summed E-state index contributed by atoms with van der Waals surface area (Å²) in [6.45, 7) is 3.76. The third-order valence-electron chi connectivity index (χ3n) is 3.36. The van der Waals surface area contributed by atoms with Crippen molar-refractivity contribution >= 4 is 47.0 Å². The van der Waals surface area contributed by atoms with E-state index in [2.05, 4.69) is 20.1 Å². The van der Waals surface area contributed by atoms with E-state index in [1.807, 2.05) is 19.9 Å². The highest BCUT2D eigenvalue weighted by atomic mass is 35.5. The van der Waals surface area contributed by atoms with E-state index in [1.54, 1.807) is 24.5 Å². The van der Waals surface area contributed by atoms with Crippen LogP contribution in [0.5, 0.6) is 0 Å². The Kier molecular flexibility index (Phi) is 3.49. The standard InChI is InChI=1S/C14H12Cl2N5/c1-9-4-5-11(15)13(12(9)16)21(10(2)19-8-20-21)14-17-6-3-7-18-14/h3-8H,1-2H3/q+1. The molecule has 1 aromatic heterocycles. The lowest BCUT2D eigenvalue weighted by Crippen LogP contribution is -2.43. The van der Waals surface area contributed by atoms with Gasteiger partial charge in [0.1, 0.15) is 10.0 Å². The van der Waals surface area contributed by atoms with Crippen molar-refractivity contribution in [3.63, 3.8) is 0 Å². The van der Waals surface area contributed by atoms with Gasteiger partial charge in [0, 0.05) is 19.3 Å². The minimum Gasteiger partial charge on any atom is -0.183 e. The first-order valence-electron chi connectivity index (χ1n) is 6.28. The van der Waals surface area contributed by atoms with Crippen molar-refractivity contribution in [2.75, 3.05) is 0 Å². The van der Waals surface area contributed by atoms with Crippen molar-refractivity contribution in [3.8, 4) is 0 Å². The lowest BCUT2D eigenvalue weighted by molar-refractivity contribution is 0.568. The summed E-state index contributed by atoms with van der Waals surface area (Å²) in [7, 11) is 0. The zero-order valence-electron chi connectivity index (χ0n) is 11.5. The SMILES string of the molecule is CC1=NC=N[N+]1(c1ncccn1)c1c(Cl)ccc(C)c1Cl. The zero-order chi connectivity index (χ0) is 15.0. The average molecular weight is 321 g/mol. The topological polar surface area (TPSA) is 50.5 Å². The maximum Gasteiger partial charge on any atom is 0.367 e. The van der Waals surface area contributed by atoms with Crippen molar-refractivity contribution < 1.29 is 0 Å². The molecule has 5 nitrogen and oxygen atoms in total. The first kappa shape index (κ1) is 14.1. The maximum atomic E-state index is 6.50. The Morgan fingerprint density at radius 2 is 1.76 bits per heavy atom. The number of hydrogen-bond donors (Lipinski definition) is 0. The van der Waals surface area contributed by atoms with E-state index in [9.17, 15) is 0 Å². The summed E-state index contributed by atoms with van der Waals surface area (Å²) in [4.78, 5) is 12.9. The molecule has 0 fully saturated rings. The van der Waals surface area contributed by atoms with Gasteiger partial charge < -0.3 is 0 Å². The number of quaternary nitrogens is 1. The highest BCUT2D eigenvalue weighted by Crippen LogP contribution is 2.45. The monoisotopic (exact) mass is 320 g/mol. The Morgan fingerprint density at radius 1 is 1.05 bits per heavy atom. The van der Waals surface area contributed by atoms with Gasteiger partial charge in [-0.15, -0.1) is 0 Å². The number of hydrogen-bond acceptors (Lipinski definition) is 4. The van der Waals surface area contributed by atoms with Crippen LogP contribution < -0.4 is 4.59 Å². The summed E-state index contributed by atoms with van der Waals surface area (Å²) < 4.78 is -0.139. The van der Waals surface area contributed by atoms with E-state index < -0.39 is 0 Å². The summed E-state index contributed by atoms with van der Waals surface area (Å²) in [5.74, 6) is 1.12. The molecule has 0 N–H and O–H groups in total. The fourth-order valence-electron chi connectivity index (χ4n) is 2.27. The van der Waals surface area contributed by atoms with Gasteiger partial charge in [0.15, 0.2) is 6.34 Å². The Labute approximate surface area is 132 Å². The molecule has 0 saturated carbocycles. The minimum absolute atomic E-state index is 0.139. The predicted octanol–water partition coefficient (Wildman–Crippen LogP) is 4.11. The van der Waals surface area contributed by atoms with Crippen LogP contribution in [0.4, 0.5) is 11.6 Å². The third-order valence-corrected chi connectivity index (χ3v) is 4.15. The summed E-state index contributed by atoms with van der Waals surface area (Å²) in [6.07, 6.45) is 4.78. The molecule has 106 valence electrons. The molecule has 1 aliphatic heterocycles. The zero-order valence-corrected chi connectivity index (χ0v) is 13.0. The molecule has 1 unspecified atom stereocenters. The van der Waals surface area contributed by atoms with Crippen LogP contribution in [0.25, 0.3) is 0 Å². The molecule has 0 amide bonds. The third kappa shape index (κ3) is 2.05. The number of rotatable bonds is 2. The Hall–Kier alpha value is -1.82. The number of halogens is 2. The van der Waals surface area contributed by atoms with Crippen LogP contribution in [0.15, 0.2) is 40.7 Å². The second-order valence-corrected chi connectivity index (χ2v) is 5.40. The second kappa shape index (κ2) is 5.18. The first-order chi connectivity index (χ1) is 10.1. The summed E-state index contributed by atoms with van der Waals surface area (Å²) in [5, 5.41) is 5.49. The predicted molar refractivity (Wildman–Crippen MR) is 86.3 cm³/mol. The van der Waals surface area contributed by atoms with E-state index in [0.717, 1.165) is 5.56 Å². The van der Waals surface area contributed by atoms with E-state index in [1.165, 1.54) is 6.34 Å². The van der Waals surface area contributed by atoms with Gasteiger partial charge in [-0.25, -0.2) is 0 Å². The normalized spacial score (nSPS) is 20.7. The molecule has 1 atom stereocenters. The van der Waals surface area contributed by atoms with Gasteiger partial charge in [0.2, 0.25) is 11.5 Å². The van der Waals surface area contributed by atoms with Crippen molar-refractivity contribution in [1.29, 1.82) is 0 Å². The van der Waals surface area contributed by atoms with Crippen LogP contribution >= 0.6 is 23.2 Å². The quantitative estimate of drug-likeness (QED) is 0.782. The molecular formula is C14H12Cl2N5+. The summed E-state index contributed by atoms with van der Waals surface area (Å²) in [6, 6.07) is 5.40. The van der Waals surface area contributed by atoms with Gasteiger partial charge in [-0.2, -0.15) is 15.0 Å². The van der Waals surface area contributed by atoms with Gasteiger partial charge in [-0.3, -0.25) is 0 Å². The van der Waals surface area contributed by atoms with Crippen molar-refractivity contribution in [1.82, 2.24) is 14.6 Å². The molecule has 0 spiro atoms. The molecule has 7 heteroatoms. The average Bonchev–Trinajstić information content (AvgIpc) is 2.87. The van der Waals surface area contributed by atoms with Crippen LogP contribution in [0.2, 0.25) is 10.0 Å². The van der Waals surface area contributed by atoms with E-state index in [4.69, 9.17) is 23.2 Å². The number of aliphatic imine (C=N–C) groups is 1. The van der Waals surface area contributed by atoms with Gasteiger partial charge in [-0.05, 0) is 29.7 Å². The Bertz CT molecular complexity index is 757. The van der Waals surface area contributed by atoms with E-state index in [-0.39, 0.29) is 4.59 Å². The fourth-order valence-corrected chi connectivity index (χ4v) is 2.88. The van der Waals surface area contributed by atoms with Crippen molar-refractivity contribution in [2.45, 2.75) is 13.8 Å². The molecule has 0 bridgehead atoms.